The van der Waals surface area contributed by atoms with E-state index in [1.54, 1.807) is 13.0 Å². The molecule has 1 aromatic carbocycles. The number of aryl methyl sites for hydroxylation is 1. The van der Waals surface area contributed by atoms with Gasteiger partial charge in [-0.05, 0) is 18.6 Å². The second-order valence-corrected chi connectivity index (χ2v) is 3.84. The topological polar surface area (TPSA) is 78.2 Å². The van der Waals surface area contributed by atoms with Crippen molar-refractivity contribution in [2.24, 2.45) is 0 Å². The Kier molecular flexibility index (Phi) is 3.38. The van der Waals surface area contributed by atoms with E-state index in [-0.39, 0.29) is 22.5 Å². The third kappa shape index (κ3) is 2.54. The highest BCUT2D eigenvalue weighted by Crippen LogP contribution is 2.33. The van der Waals surface area contributed by atoms with Crippen LogP contribution in [-0.2, 0) is 0 Å². The molecule has 0 radical (unpaired) electrons. The molecule has 92 valence electrons. The molecule has 18 heavy (non-hydrogen) atoms. The van der Waals surface area contributed by atoms with Crippen molar-refractivity contribution < 1.29 is 9.66 Å². The molecule has 0 atom stereocenters. The molecule has 0 unspecified atom stereocenters. The number of rotatable bonds is 3. The van der Waals surface area contributed by atoms with E-state index in [0.717, 1.165) is 5.56 Å². The molecule has 0 N–H and O–H groups in total. The first kappa shape index (κ1) is 12.3. The molecule has 0 aliphatic heterocycles. The predicted octanol–water partition coefficient (Wildman–Crippen LogP) is 3.14. The lowest BCUT2D eigenvalue weighted by atomic mass is 10.2. The quantitative estimate of drug-likeness (QED) is 0.629. The Labute approximate surface area is 107 Å². The molecule has 7 heteroatoms. The van der Waals surface area contributed by atoms with Crippen molar-refractivity contribution in [3.05, 3.63) is 51.4 Å². The monoisotopic (exact) mass is 265 g/mol. The normalized spacial score (nSPS) is 10.1. The van der Waals surface area contributed by atoms with Crippen LogP contribution in [0.25, 0.3) is 0 Å². The van der Waals surface area contributed by atoms with Crippen LogP contribution in [-0.4, -0.2) is 14.9 Å². The minimum atomic E-state index is -0.521. The molecule has 0 saturated heterocycles. The summed E-state index contributed by atoms with van der Waals surface area (Å²) in [6.45, 7) is 1.76. The molecule has 1 aromatic heterocycles. The fraction of sp³-hybridized carbons (Fsp3) is 0.0909. The first-order chi connectivity index (χ1) is 8.58. The Bertz CT molecular complexity index is 604. The Morgan fingerprint density at radius 1 is 1.33 bits per heavy atom. The van der Waals surface area contributed by atoms with Crippen molar-refractivity contribution in [3.63, 3.8) is 0 Å². The largest absolute Gasteiger partial charge is 0.429 e. The maximum absolute atomic E-state index is 10.9. The summed E-state index contributed by atoms with van der Waals surface area (Å²) in [6, 6.07) is 4.62. The van der Waals surface area contributed by atoms with Gasteiger partial charge in [0, 0.05) is 18.5 Å². The van der Waals surface area contributed by atoms with E-state index in [1.807, 2.05) is 0 Å². The van der Waals surface area contributed by atoms with Crippen molar-refractivity contribution in [2.45, 2.75) is 6.92 Å². The van der Waals surface area contributed by atoms with E-state index < -0.39 is 4.92 Å². The van der Waals surface area contributed by atoms with Gasteiger partial charge in [0.1, 0.15) is 0 Å². The van der Waals surface area contributed by atoms with Gasteiger partial charge in [0.05, 0.1) is 4.92 Å². The number of ether oxygens (including phenoxy) is 1. The maximum Gasteiger partial charge on any atom is 0.311 e. The van der Waals surface area contributed by atoms with Crippen molar-refractivity contribution in [2.75, 3.05) is 0 Å². The molecule has 1 heterocycles. The lowest BCUT2D eigenvalue weighted by Crippen LogP contribution is -1.96. The maximum atomic E-state index is 10.9. The number of aromatic nitrogens is 2. The summed E-state index contributed by atoms with van der Waals surface area (Å²) in [7, 11) is 0. The SMILES string of the molecule is Cc1ccc(Oc2nccnc2Cl)c([N+](=O)[O-])c1. The number of hydrogen-bond acceptors (Lipinski definition) is 5. The summed E-state index contributed by atoms with van der Waals surface area (Å²) >= 11 is 5.77. The zero-order valence-electron chi connectivity index (χ0n) is 9.33. The summed E-state index contributed by atoms with van der Waals surface area (Å²) in [4.78, 5) is 18.0. The number of benzene rings is 1. The first-order valence-electron chi connectivity index (χ1n) is 4.97. The van der Waals surface area contributed by atoms with Crippen LogP contribution in [0.5, 0.6) is 11.6 Å². The van der Waals surface area contributed by atoms with Crippen molar-refractivity contribution in [1.29, 1.82) is 0 Å². The van der Waals surface area contributed by atoms with Crippen LogP contribution < -0.4 is 4.74 Å². The summed E-state index contributed by atoms with van der Waals surface area (Å²) in [5, 5.41) is 11.0. The predicted molar refractivity (Wildman–Crippen MR) is 64.9 cm³/mol. The number of nitro groups is 1. The van der Waals surface area contributed by atoms with Crippen LogP contribution in [0.4, 0.5) is 5.69 Å². The highest BCUT2D eigenvalue weighted by Gasteiger charge is 2.17. The molecule has 0 bridgehead atoms. The number of halogens is 1. The fourth-order valence-corrected chi connectivity index (χ4v) is 1.48. The number of nitro benzene ring substituents is 1. The van der Waals surface area contributed by atoms with Gasteiger partial charge < -0.3 is 4.74 Å². The third-order valence-corrected chi connectivity index (χ3v) is 2.40. The summed E-state index contributed by atoms with van der Waals surface area (Å²) in [6.07, 6.45) is 2.79. The first-order valence-corrected chi connectivity index (χ1v) is 5.35. The smallest absolute Gasteiger partial charge is 0.311 e. The molecule has 0 amide bonds. The molecule has 0 aliphatic rings. The van der Waals surface area contributed by atoms with Gasteiger partial charge in [-0.25, -0.2) is 9.97 Å². The highest BCUT2D eigenvalue weighted by molar-refractivity contribution is 6.30. The van der Waals surface area contributed by atoms with E-state index in [4.69, 9.17) is 16.3 Å². The molecule has 2 aromatic rings. The van der Waals surface area contributed by atoms with E-state index in [0.29, 0.717) is 0 Å². The molecular formula is C11H8ClN3O3. The van der Waals surface area contributed by atoms with Crippen LogP contribution in [0.15, 0.2) is 30.6 Å². The van der Waals surface area contributed by atoms with E-state index >= 15 is 0 Å². The zero-order chi connectivity index (χ0) is 13.1. The van der Waals surface area contributed by atoms with E-state index in [9.17, 15) is 10.1 Å². The van der Waals surface area contributed by atoms with Crippen molar-refractivity contribution in [1.82, 2.24) is 9.97 Å². The van der Waals surface area contributed by atoms with Gasteiger partial charge >= 0.3 is 5.69 Å². The molecule has 0 spiro atoms. The average molecular weight is 266 g/mol. The van der Waals surface area contributed by atoms with Gasteiger partial charge in [-0.2, -0.15) is 0 Å². The molecule has 6 nitrogen and oxygen atoms in total. The number of hydrogen-bond donors (Lipinski definition) is 0. The minimum Gasteiger partial charge on any atom is -0.429 e. The molecule has 2 rings (SSSR count). The van der Waals surface area contributed by atoms with Crippen LogP contribution >= 0.6 is 11.6 Å². The van der Waals surface area contributed by atoms with E-state index in [1.165, 1.54) is 24.5 Å². The Morgan fingerprint density at radius 2 is 2.06 bits per heavy atom. The highest BCUT2D eigenvalue weighted by atomic mass is 35.5. The molecule has 0 saturated carbocycles. The van der Waals surface area contributed by atoms with Gasteiger partial charge in [0.15, 0.2) is 5.15 Å². The van der Waals surface area contributed by atoms with Crippen molar-refractivity contribution >= 4 is 17.3 Å². The van der Waals surface area contributed by atoms with Gasteiger partial charge in [0.25, 0.3) is 5.88 Å². The lowest BCUT2D eigenvalue weighted by molar-refractivity contribution is -0.385. The minimum absolute atomic E-state index is 0.0334. The third-order valence-electron chi connectivity index (χ3n) is 2.14. The Hall–Kier alpha value is -2.21. The van der Waals surface area contributed by atoms with Gasteiger partial charge in [-0.15, -0.1) is 0 Å². The van der Waals surface area contributed by atoms with Crippen LogP contribution in [0.1, 0.15) is 5.56 Å². The summed E-state index contributed by atoms with van der Waals surface area (Å²) in [5.74, 6) is 0.110. The second-order valence-electron chi connectivity index (χ2n) is 3.48. The number of nitrogens with zero attached hydrogens (tertiary/aromatic N) is 3. The Morgan fingerprint density at radius 3 is 2.72 bits per heavy atom. The Balaban J connectivity index is 2.41. The zero-order valence-corrected chi connectivity index (χ0v) is 10.1. The standard InChI is InChI=1S/C11H8ClN3O3/c1-7-2-3-9(8(6-7)15(16)17)18-11-10(12)13-4-5-14-11/h2-6H,1H3. The van der Waals surface area contributed by atoms with Crippen LogP contribution in [0.3, 0.4) is 0 Å². The van der Waals surface area contributed by atoms with Gasteiger partial charge in [-0.1, -0.05) is 17.7 Å². The average Bonchev–Trinajstić information content (AvgIpc) is 2.34. The van der Waals surface area contributed by atoms with E-state index in [2.05, 4.69) is 9.97 Å². The summed E-state index contributed by atoms with van der Waals surface area (Å²) < 4.78 is 5.31. The van der Waals surface area contributed by atoms with Gasteiger partial charge in [0.2, 0.25) is 5.75 Å². The van der Waals surface area contributed by atoms with Crippen LogP contribution in [0.2, 0.25) is 5.15 Å². The fourth-order valence-electron chi connectivity index (χ4n) is 1.34. The van der Waals surface area contributed by atoms with Gasteiger partial charge in [-0.3, -0.25) is 10.1 Å². The molecule has 0 fully saturated rings. The molecule has 0 aliphatic carbocycles. The van der Waals surface area contributed by atoms with Crippen LogP contribution in [0, 0.1) is 17.0 Å². The van der Waals surface area contributed by atoms with Crippen molar-refractivity contribution in [3.8, 4) is 11.6 Å². The second kappa shape index (κ2) is 4.97. The summed E-state index contributed by atoms with van der Waals surface area (Å²) in [5.41, 5.74) is 0.621. The molecular weight excluding hydrogens is 258 g/mol. The lowest BCUT2D eigenvalue weighted by Gasteiger charge is -2.06.